The van der Waals surface area contributed by atoms with Crippen molar-refractivity contribution in [3.8, 4) is 0 Å². The summed E-state index contributed by atoms with van der Waals surface area (Å²) in [6.45, 7) is 3.92. The molecule has 4 fully saturated rings. The van der Waals surface area contributed by atoms with E-state index in [4.69, 9.17) is 4.74 Å². The Morgan fingerprint density at radius 3 is 2.64 bits per heavy atom. The van der Waals surface area contributed by atoms with Gasteiger partial charge in [0, 0.05) is 43.0 Å². The van der Waals surface area contributed by atoms with Crippen LogP contribution in [0.3, 0.4) is 0 Å². The lowest BCUT2D eigenvalue weighted by atomic mass is 9.46. The van der Waals surface area contributed by atoms with Gasteiger partial charge < -0.3 is 20.5 Å². The summed E-state index contributed by atoms with van der Waals surface area (Å²) in [5.74, 6) is 1.55. The minimum atomic E-state index is -0.203. The van der Waals surface area contributed by atoms with E-state index in [0.29, 0.717) is 23.5 Å². The highest BCUT2D eigenvalue weighted by Gasteiger charge is 2.66. The van der Waals surface area contributed by atoms with Gasteiger partial charge in [0.2, 0.25) is 0 Å². The fraction of sp³-hybridized carbons (Fsp3) is 0.947. The molecule has 4 aliphatic rings. The van der Waals surface area contributed by atoms with Crippen molar-refractivity contribution >= 4 is 29.9 Å². The zero-order chi connectivity index (χ0) is 16.8. The van der Waals surface area contributed by atoms with Gasteiger partial charge in [-0.1, -0.05) is 26.2 Å². The average Bonchev–Trinajstić information content (AvgIpc) is 2.94. The molecule has 5 atom stereocenters. The number of aliphatic hydroxyl groups is 1. The third-order valence-electron chi connectivity index (χ3n) is 7.49. The number of hydrogen-bond acceptors (Lipinski definition) is 3. The van der Waals surface area contributed by atoms with Crippen molar-refractivity contribution in [2.24, 2.45) is 21.7 Å². The molecule has 0 aromatic carbocycles. The minimum Gasteiger partial charge on any atom is -0.392 e. The van der Waals surface area contributed by atoms with Crippen LogP contribution >= 0.6 is 24.0 Å². The zero-order valence-corrected chi connectivity index (χ0v) is 17.9. The predicted molar refractivity (Wildman–Crippen MR) is 110 cm³/mol. The van der Waals surface area contributed by atoms with E-state index in [9.17, 15) is 5.11 Å². The van der Waals surface area contributed by atoms with Crippen molar-refractivity contribution in [2.45, 2.75) is 76.5 Å². The molecule has 0 radical (unpaired) electrons. The summed E-state index contributed by atoms with van der Waals surface area (Å²) < 4.78 is 6.01. The topological polar surface area (TPSA) is 65.9 Å². The summed E-state index contributed by atoms with van der Waals surface area (Å²) in [7, 11) is 1.85. The molecule has 3 N–H and O–H groups in total. The second-order valence-electron chi connectivity index (χ2n) is 8.79. The van der Waals surface area contributed by atoms with Crippen LogP contribution in [0.1, 0.15) is 58.3 Å². The number of aliphatic imine (C=N–C) groups is 1. The number of nitrogens with zero attached hydrogens (tertiary/aromatic N) is 1. The minimum absolute atomic E-state index is 0. The summed E-state index contributed by atoms with van der Waals surface area (Å²) in [5.41, 5.74) is 0.329. The van der Waals surface area contributed by atoms with E-state index in [1.165, 1.54) is 32.1 Å². The molecule has 3 saturated carbocycles. The first-order valence-corrected chi connectivity index (χ1v) is 9.86. The van der Waals surface area contributed by atoms with Gasteiger partial charge in [-0.05, 0) is 32.1 Å². The van der Waals surface area contributed by atoms with Gasteiger partial charge in [0.25, 0.3) is 0 Å². The highest BCUT2D eigenvalue weighted by atomic mass is 127. The van der Waals surface area contributed by atoms with Crippen LogP contribution in [-0.2, 0) is 4.74 Å². The van der Waals surface area contributed by atoms with Crippen LogP contribution in [0.4, 0.5) is 0 Å². The quantitative estimate of drug-likeness (QED) is 0.342. The molecule has 1 saturated heterocycles. The number of nitrogens with one attached hydrogen (secondary N) is 2. The third kappa shape index (κ3) is 3.20. The smallest absolute Gasteiger partial charge is 0.191 e. The van der Waals surface area contributed by atoms with Gasteiger partial charge in [0.05, 0.1) is 12.2 Å². The van der Waals surface area contributed by atoms with Crippen molar-refractivity contribution in [1.82, 2.24) is 10.6 Å². The Morgan fingerprint density at radius 2 is 2.00 bits per heavy atom. The molecule has 3 aliphatic carbocycles. The molecule has 144 valence electrons. The largest absolute Gasteiger partial charge is 0.392 e. The molecule has 0 aromatic heterocycles. The molecule has 0 amide bonds. The number of hydrogen-bond donors (Lipinski definition) is 3. The van der Waals surface area contributed by atoms with Crippen molar-refractivity contribution in [2.75, 3.05) is 20.2 Å². The fourth-order valence-corrected chi connectivity index (χ4v) is 5.67. The first-order valence-electron chi connectivity index (χ1n) is 9.86. The molecule has 1 spiro atoms. The van der Waals surface area contributed by atoms with E-state index in [0.717, 1.165) is 38.4 Å². The first-order chi connectivity index (χ1) is 11.6. The van der Waals surface area contributed by atoms with Crippen molar-refractivity contribution in [3.05, 3.63) is 0 Å². The van der Waals surface area contributed by atoms with Crippen LogP contribution in [0.25, 0.3) is 0 Å². The summed E-state index contributed by atoms with van der Waals surface area (Å²) >= 11 is 0. The Morgan fingerprint density at radius 1 is 1.20 bits per heavy atom. The van der Waals surface area contributed by atoms with Gasteiger partial charge in [-0.25, -0.2) is 0 Å². The van der Waals surface area contributed by atoms with Crippen LogP contribution in [-0.4, -0.2) is 49.5 Å². The van der Waals surface area contributed by atoms with Crippen LogP contribution in [0, 0.1) is 16.7 Å². The van der Waals surface area contributed by atoms with Crippen LogP contribution < -0.4 is 10.6 Å². The number of ether oxygens (including phenoxy) is 1. The second-order valence-corrected chi connectivity index (χ2v) is 8.79. The van der Waals surface area contributed by atoms with Crippen molar-refractivity contribution < 1.29 is 9.84 Å². The second kappa shape index (κ2) is 7.50. The Kier molecular flexibility index (Phi) is 5.91. The van der Waals surface area contributed by atoms with Gasteiger partial charge in [-0.2, -0.15) is 0 Å². The Bertz CT molecular complexity index is 511. The lowest BCUT2D eigenvalue weighted by molar-refractivity contribution is -0.171. The molecule has 6 heteroatoms. The summed E-state index contributed by atoms with van der Waals surface area (Å²) in [4.78, 5) is 4.46. The number of fused-ring (bicyclic) bond motifs is 2. The molecule has 25 heavy (non-hydrogen) atoms. The first kappa shape index (κ1) is 19.7. The van der Waals surface area contributed by atoms with E-state index >= 15 is 0 Å². The summed E-state index contributed by atoms with van der Waals surface area (Å²) in [5, 5.41) is 17.6. The summed E-state index contributed by atoms with van der Waals surface area (Å²) in [6, 6.07) is 0.508. The van der Waals surface area contributed by atoms with Gasteiger partial charge in [0.1, 0.15) is 0 Å². The van der Waals surface area contributed by atoms with E-state index in [2.05, 4.69) is 22.5 Å². The van der Waals surface area contributed by atoms with Gasteiger partial charge >= 0.3 is 0 Å². The molecule has 4 rings (SSSR count). The van der Waals surface area contributed by atoms with Crippen LogP contribution in [0.2, 0.25) is 0 Å². The number of halogens is 1. The third-order valence-corrected chi connectivity index (χ3v) is 7.49. The maximum absolute atomic E-state index is 10.4. The van der Waals surface area contributed by atoms with Gasteiger partial charge in [-0.3, -0.25) is 4.99 Å². The van der Waals surface area contributed by atoms with Crippen molar-refractivity contribution in [1.29, 1.82) is 0 Å². The lowest BCUT2D eigenvalue weighted by Crippen LogP contribution is -2.72. The Balaban J connectivity index is 0.00000182. The SMILES string of the molecule is CN=C(NCC1(C)CCCCC1O)NC1C2CCOC2C12CCC2.I. The van der Waals surface area contributed by atoms with Crippen LogP contribution in [0.15, 0.2) is 4.99 Å². The summed E-state index contributed by atoms with van der Waals surface area (Å²) in [6.07, 6.45) is 9.76. The lowest BCUT2D eigenvalue weighted by Gasteiger charge is -2.63. The maximum atomic E-state index is 10.4. The van der Waals surface area contributed by atoms with E-state index in [1.54, 1.807) is 0 Å². The monoisotopic (exact) mass is 463 g/mol. The maximum Gasteiger partial charge on any atom is 0.191 e. The molecule has 0 bridgehead atoms. The molecule has 0 aromatic rings. The van der Waals surface area contributed by atoms with E-state index in [1.807, 2.05) is 7.05 Å². The normalized spacial score (nSPS) is 42.0. The van der Waals surface area contributed by atoms with E-state index in [-0.39, 0.29) is 35.5 Å². The average molecular weight is 463 g/mol. The zero-order valence-electron chi connectivity index (χ0n) is 15.6. The van der Waals surface area contributed by atoms with Crippen molar-refractivity contribution in [3.63, 3.8) is 0 Å². The van der Waals surface area contributed by atoms with Gasteiger partial charge in [0.15, 0.2) is 5.96 Å². The molecular formula is C19H34IN3O2. The molecular weight excluding hydrogens is 429 g/mol. The number of rotatable bonds is 3. The Hall–Kier alpha value is -0.0800. The molecule has 5 nitrogen and oxygen atoms in total. The predicted octanol–water partition coefficient (Wildman–Crippen LogP) is 2.67. The number of aliphatic hydroxyl groups excluding tert-OH is 1. The highest BCUT2D eigenvalue weighted by Crippen LogP contribution is 2.62. The standard InChI is InChI=1S/C19H33N3O2.HI/c1-18(8-4-3-6-14(18)23)12-21-17(20-2)22-15-13-7-11-24-16(13)19(15)9-5-10-19;/h13-16,23H,3-12H2,1-2H3,(H2,20,21,22);1H. The van der Waals surface area contributed by atoms with E-state index < -0.39 is 0 Å². The molecule has 1 aliphatic heterocycles. The molecule has 1 heterocycles. The fourth-order valence-electron chi connectivity index (χ4n) is 5.67. The van der Waals surface area contributed by atoms with Gasteiger partial charge in [-0.15, -0.1) is 24.0 Å². The highest BCUT2D eigenvalue weighted by molar-refractivity contribution is 14.0. The molecule has 5 unspecified atom stereocenters. The Labute approximate surface area is 168 Å². The number of guanidine groups is 1. The van der Waals surface area contributed by atoms with Crippen LogP contribution in [0.5, 0.6) is 0 Å².